The molecule has 0 heterocycles. The molecule has 0 fully saturated rings. The fourth-order valence-electron chi connectivity index (χ4n) is 2.81. The van der Waals surface area contributed by atoms with Crippen LogP contribution in [0.1, 0.15) is 71.3 Å². The number of nitrogens with two attached hydrogens (primary N) is 1. The Morgan fingerprint density at radius 2 is 1.55 bits per heavy atom. The summed E-state index contributed by atoms with van der Waals surface area (Å²) in [6.45, 7) is 6.63. The first-order valence-corrected chi connectivity index (χ1v) is 8.37. The van der Waals surface area contributed by atoms with Gasteiger partial charge in [0, 0.05) is 5.54 Å². The molecule has 20 heavy (non-hydrogen) atoms. The van der Waals surface area contributed by atoms with Crippen LogP contribution in [-0.4, -0.2) is 5.54 Å². The van der Waals surface area contributed by atoms with Crippen molar-refractivity contribution in [1.82, 2.24) is 0 Å². The molecular weight excluding hydrogens is 242 g/mol. The zero-order valence-electron chi connectivity index (χ0n) is 13.7. The smallest absolute Gasteiger partial charge is 0.0129 e. The Balaban J connectivity index is 2.38. The number of hydrogen-bond acceptors (Lipinski definition) is 1. The largest absolute Gasteiger partial charge is 0.325 e. The fourth-order valence-corrected chi connectivity index (χ4v) is 2.81. The quantitative estimate of drug-likeness (QED) is 0.574. The Kier molecular flexibility index (Phi) is 7.91. The van der Waals surface area contributed by atoms with Gasteiger partial charge in [0.25, 0.3) is 0 Å². The first-order valence-electron chi connectivity index (χ1n) is 8.37. The highest BCUT2D eigenvalue weighted by molar-refractivity contribution is 5.16. The van der Waals surface area contributed by atoms with Crippen LogP contribution in [0.3, 0.4) is 0 Å². The van der Waals surface area contributed by atoms with Gasteiger partial charge >= 0.3 is 0 Å². The predicted octanol–water partition coefficient (Wildman–Crippen LogP) is 5.33. The van der Waals surface area contributed by atoms with E-state index < -0.39 is 0 Å². The van der Waals surface area contributed by atoms with Crippen LogP contribution in [0.15, 0.2) is 30.3 Å². The summed E-state index contributed by atoms with van der Waals surface area (Å²) in [5, 5.41) is 0. The zero-order chi connectivity index (χ0) is 14.8. The molecule has 0 aliphatic heterocycles. The van der Waals surface area contributed by atoms with Crippen molar-refractivity contribution in [3.8, 4) is 0 Å². The molecule has 0 bridgehead atoms. The van der Waals surface area contributed by atoms with E-state index in [1.54, 1.807) is 0 Å². The minimum absolute atomic E-state index is 0.0841. The second-order valence-corrected chi connectivity index (χ2v) is 6.76. The molecule has 1 heteroatoms. The Morgan fingerprint density at radius 1 is 0.950 bits per heavy atom. The molecule has 0 spiro atoms. The molecule has 0 radical (unpaired) electrons. The normalized spacial score (nSPS) is 13.4. The van der Waals surface area contributed by atoms with Gasteiger partial charge in [0.1, 0.15) is 0 Å². The van der Waals surface area contributed by atoms with Crippen molar-refractivity contribution in [2.75, 3.05) is 0 Å². The van der Waals surface area contributed by atoms with E-state index in [2.05, 4.69) is 51.1 Å². The van der Waals surface area contributed by atoms with Gasteiger partial charge in [-0.2, -0.15) is 0 Å². The van der Waals surface area contributed by atoms with E-state index in [0.29, 0.717) is 5.92 Å². The van der Waals surface area contributed by atoms with Crippen LogP contribution in [0.4, 0.5) is 0 Å². The van der Waals surface area contributed by atoms with E-state index in [0.717, 1.165) is 6.42 Å². The lowest BCUT2D eigenvalue weighted by Gasteiger charge is -2.31. The van der Waals surface area contributed by atoms with Crippen LogP contribution in [0, 0.1) is 5.92 Å². The molecule has 2 N–H and O–H groups in total. The Labute approximate surface area is 126 Å². The summed E-state index contributed by atoms with van der Waals surface area (Å²) in [7, 11) is 0. The van der Waals surface area contributed by atoms with E-state index in [4.69, 9.17) is 5.73 Å². The Hall–Kier alpha value is -0.820. The van der Waals surface area contributed by atoms with Gasteiger partial charge in [0.2, 0.25) is 0 Å². The highest BCUT2D eigenvalue weighted by atomic mass is 14.7. The van der Waals surface area contributed by atoms with E-state index in [9.17, 15) is 0 Å². The standard InChI is InChI=1S/C19H33N/c1-4-5-6-7-8-12-15-18(19(2,3)20)16-17-13-10-9-11-14-17/h9-11,13-14,18H,4-8,12,15-16,20H2,1-3H3. The van der Waals surface area contributed by atoms with Gasteiger partial charge < -0.3 is 5.73 Å². The third kappa shape index (κ3) is 7.09. The van der Waals surface area contributed by atoms with Gasteiger partial charge in [0.15, 0.2) is 0 Å². The van der Waals surface area contributed by atoms with E-state index in [1.807, 2.05) is 0 Å². The second kappa shape index (κ2) is 9.18. The Morgan fingerprint density at radius 3 is 2.15 bits per heavy atom. The first-order chi connectivity index (χ1) is 9.54. The Bertz CT molecular complexity index is 337. The van der Waals surface area contributed by atoms with Crippen molar-refractivity contribution < 1.29 is 0 Å². The first kappa shape index (κ1) is 17.2. The summed E-state index contributed by atoms with van der Waals surface area (Å²) in [6.07, 6.45) is 10.5. The molecule has 1 nitrogen and oxygen atoms in total. The fraction of sp³-hybridized carbons (Fsp3) is 0.684. The van der Waals surface area contributed by atoms with Crippen LogP contribution in [0.5, 0.6) is 0 Å². The van der Waals surface area contributed by atoms with Gasteiger partial charge in [-0.05, 0) is 38.2 Å². The summed E-state index contributed by atoms with van der Waals surface area (Å²) in [6, 6.07) is 10.8. The maximum Gasteiger partial charge on any atom is 0.0129 e. The van der Waals surface area contributed by atoms with Crippen LogP contribution in [0.25, 0.3) is 0 Å². The summed E-state index contributed by atoms with van der Waals surface area (Å²) < 4.78 is 0. The van der Waals surface area contributed by atoms with Crippen molar-refractivity contribution in [3.63, 3.8) is 0 Å². The summed E-state index contributed by atoms with van der Waals surface area (Å²) in [5.74, 6) is 0.580. The van der Waals surface area contributed by atoms with E-state index >= 15 is 0 Å². The monoisotopic (exact) mass is 275 g/mol. The summed E-state index contributed by atoms with van der Waals surface area (Å²) >= 11 is 0. The van der Waals surface area contributed by atoms with Gasteiger partial charge in [-0.25, -0.2) is 0 Å². The number of unbranched alkanes of at least 4 members (excludes halogenated alkanes) is 5. The van der Waals surface area contributed by atoms with Crippen molar-refractivity contribution in [2.24, 2.45) is 11.7 Å². The van der Waals surface area contributed by atoms with Gasteiger partial charge in [-0.3, -0.25) is 0 Å². The lowest BCUT2D eigenvalue weighted by atomic mass is 9.80. The van der Waals surface area contributed by atoms with E-state index in [-0.39, 0.29) is 5.54 Å². The van der Waals surface area contributed by atoms with Crippen LogP contribution >= 0.6 is 0 Å². The third-order valence-electron chi connectivity index (χ3n) is 4.28. The third-order valence-corrected chi connectivity index (χ3v) is 4.28. The maximum atomic E-state index is 6.39. The summed E-state index contributed by atoms with van der Waals surface area (Å²) in [5.41, 5.74) is 7.72. The highest BCUT2D eigenvalue weighted by Gasteiger charge is 2.24. The zero-order valence-corrected chi connectivity index (χ0v) is 13.7. The molecule has 0 aliphatic rings. The van der Waals surface area contributed by atoms with Crippen LogP contribution < -0.4 is 5.73 Å². The van der Waals surface area contributed by atoms with E-state index in [1.165, 1.54) is 50.5 Å². The van der Waals surface area contributed by atoms with Crippen molar-refractivity contribution in [3.05, 3.63) is 35.9 Å². The van der Waals surface area contributed by atoms with Crippen molar-refractivity contribution in [2.45, 2.75) is 77.7 Å². The highest BCUT2D eigenvalue weighted by Crippen LogP contribution is 2.25. The van der Waals surface area contributed by atoms with Gasteiger partial charge in [0.05, 0.1) is 0 Å². The lowest BCUT2D eigenvalue weighted by Crippen LogP contribution is -2.42. The number of benzene rings is 1. The van der Waals surface area contributed by atoms with Gasteiger partial charge in [-0.1, -0.05) is 75.8 Å². The molecule has 1 atom stereocenters. The minimum atomic E-state index is -0.0841. The summed E-state index contributed by atoms with van der Waals surface area (Å²) in [4.78, 5) is 0. The van der Waals surface area contributed by atoms with Crippen LogP contribution in [-0.2, 0) is 6.42 Å². The van der Waals surface area contributed by atoms with Gasteiger partial charge in [-0.15, -0.1) is 0 Å². The molecule has 0 saturated heterocycles. The molecule has 1 aromatic rings. The molecule has 1 aromatic carbocycles. The minimum Gasteiger partial charge on any atom is -0.325 e. The number of rotatable bonds is 10. The molecule has 1 rings (SSSR count). The molecule has 0 aliphatic carbocycles. The molecule has 0 aromatic heterocycles. The second-order valence-electron chi connectivity index (χ2n) is 6.76. The molecular formula is C19H33N. The molecule has 1 unspecified atom stereocenters. The maximum absolute atomic E-state index is 6.39. The predicted molar refractivity (Wildman–Crippen MR) is 89.9 cm³/mol. The van der Waals surface area contributed by atoms with Crippen LogP contribution in [0.2, 0.25) is 0 Å². The SMILES string of the molecule is CCCCCCCCC(Cc1ccccc1)C(C)(C)N. The molecule has 114 valence electrons. The molecule has 0 saturated carbocycles. The molecule has 0 amide bonds. The van der Waals surface area contributed by atoms with Crippen molar-refractivity contribution >= 4 is 0 Å². The van der Waals surface area contributed by atoms with Crippen molar-refractivity contribution in [1.29, 1.82) is 0 Å². The number of hydrogen-bond donors (Lipinski definition) is 1. The average Bonchev–Trinajstić information content (AvgIpc) is 2.41. The lowest BCUT2D eigenvalue weighted by molar-refractivity contribution is 0.290. The topological polar surface area (TPSA) is 26.0 Å². The average molecular weight is 275 g/mol.